The van der Waals surface area contributed by atoms with E-state index < -0.39 is 11.9 Å². The smallest absolute Gasteiger partial charge is 0.339 e. The van der Waals surface area contributed by atoms with Gasteiger partial charge in [-0.25, -0.2) is 9.59 Å². The van der Waals surface area contributed by atoms with E-state index in [1.165, 1.54) is 88.6 Å². The van der Waals surface area contributed by atoms with Gasteiger partial charge in [0.1, 0.15) is 0 Å². The van der Waals surface area contributed by atoms with Gasteiger partial charge in [-0.3, -0.25) is 0 Å². The van der Waals surface area contributed by atoms with Crippen molar-refractivity contribution in [2.45, 2.75) is 104 Å². The first-order valence-electron chi connectivity index (χ1n) is 14.3. The zero-order valence-corrected chi connectivity index (χ0v) is 24.5. The van der Waals surface area contributed by atoms with Crippen molar-refractivity contribution >= 4 is 35.5 Å². The number of benzene rings is 1. The molecule has 36 heavy (non-hydrogen) atoms. The van der Waals surface area contributed by atoms with Crippen LogP contribution in [0.1, 0.15) is 124 Å². The molecule has 0 aromatic heterocycles. The van der Waals surface area contributed by atoms with Crippen molar-refractivity contribution in [3.8, 4) is 0 Å². The molecule has 4 nitrogen and oxygen atoms in total. The standard InChI is InChI=1S/C30H50O4S2/c1-3-5-7-9-11-15-23-35-25-17-21-33-29(31)27-19-13-14-20-28(27)30(32)34-22-18-26-36-24-16-12-10-8-6-4-2/h13-14,19-20H,3-12,15-18,21-26H2,1-2H3. The summed E-state index contributed by atoms with van der Waals surface area (Å²) in [4.78, 5) is 25.1. The highest BCUT2D eigenvalue weighted by Crippen LogP contribution is 2.15. The number of unbranched alkanes of at least 4 members (excludes halogenated alkanes) is 10. The number of thioether (sulfide) groups is 2. The summed E-state index contributed by atoms with van der Waals surface area (Å²) in [6, 6.07) is 6.79. The molecule has 0 N–H and O–H groups in total. The lowest BCUT2D eigenvalue weighted by Crippen LogP contribution is -2.15. The van der Waals surface area contributed by atoms with Crippen LogP contribution in [0.15, 0.2) is 24.3 Å². The number of carbonyl (C=O) groups excluding carboxylic acids is 2. The fourth-order valence-electron chi connectivity index (χ4n) is 3.82. The monoisotopic (exact) mass is 538 g/mol. The van der Waals surface area contributed by atoms with Crippen LogP contribution in [0.25, 0.3) is 0 Å². The molecule has 0 heterocycles. The van der Waals surface area contributed by atoms with Crippen molar-refractivity contribution in [1.29, 1.82) is 0 Å². The minimum atomic E-state index is -0.446. The van der Waals surface area contributed by atoms with Crippen LogP contribution in [0.4, 0.5) is 0 Å². The van der Waals surface area contributed by atoms with E-state index in [2.05, 4.69) is 13.8 Å². The topological polar surface area (TPSA) is 52.6 Å². The molecule has 0 atom stereocenters. The van der Waals surface area contributed by atoms with Crippen molar-refractivity contribution < 1.29 is 19.1 Å². The van der Waals surface area contributed by atoms with Crippen molar-refractivity contribution in [3.05, 3.63) is 35.4 Å². The predicted molar refractivity (Wildman–Crippen MR) is 158 cm³/mol. The first kappa shape index (κ1) is 32.9. The Morgan fingerprint density at radius 3 is 1.33 bits per heavy atom. The molecule has 1 aromatic rings. The summed E-state index contributed by atoms with van der Waals surface area (Å²) >= 11 is 3.85. The van der Waals surface area contributed by atoms with Gasteiger partial charge in [0.2, 0.25) is 0 Å². The van der Waals surface area contributed by atoms with Crippen LogP contribution in [0.2, 0.25) is 0 Å². The van der Waals surface area contributed by atoms with Gasteiger partial charge in [-0.2, -0.15) is 23.5 Å². The van der Waals surface area contributed by atoms with Crippen LogP contribution in [-0.4, -0.2) is 48.2 Å². The molecule has 1 aromatic carbocycles. The Bertz CT molecular complexity index is 624. The van der Waals surface area contributed by atoms with E-state index in [9.17, 15) is 9.59 Å². The molecule has 0 saturated heterocycles. The van der Waals surface area contributed by atoms with Gasteiger partial charge in [0.05, 0.1) is 24.3 Å². The van der Waals surface area contributed by atoms with E-state index in [4.69, 9.17) is 9.47 Å². The predicted octanol–water partition coefficient (Wildman–Crippen LogP) is 8.97. The Hall–Kier alpha value is -1.14. The zero-order valence-electron chi connectivity index (χ0n) is 22.9. The summed E-state index contributed by atoms with van der Waals surface area (Å²) in [6.45, 7) is 5.24. The SMILES string of the molecule is CCCCCCCCSCCCOC(=O)c1ccccc1C(=O)OCCCSCCCCCCCC. The molecule has 0 saturated carbocycles. The molecule has 0 spiro atoms. The van der Waals surface area contributed by atoms with Gasteiger partial charge in [-0.15, -0.1) is 0 Å². The first-order chi connectivity index (χ1) is 17.7. The molecular formula is C30H50O4S2. The third kappa shape index (κ3) is 17.3. The molecule has 206 valence electrons. The summed E-state index contributed by atoms with van der Waals surface area (Å²) in [5, 5.41) is 0. The average molecular weight is 539 g/mol. The Labute approximate surface area is 229 Å². The maximum Gasteiger partial charge on any atom is 0.339 e. The fraction of sp³-hybridized carbons (Fsp3) is 0.733. The number of hydrogen-bond donors (Lipinski definition) is 0. The van der Waals surface area contributed by atoms with Gasteiger partial charge in [0.25, 0.3) is 0 Å². The Morgan fingerprint density at radius 1 is 0.556 bits per heavy atom. The lowest BCUT2D eigenvalue weighted by Gasteiger charge is -2.10. The van der Waals surface area contributed by atoms with Gasteiger partial charge in [-0.05, 0) is 60.8 Å². The third-order valence-corrected chi connectivity index (χ3v) is 8.29. The highest BCUT2D eigenvalue weighted by atomic mass is 32.2. The van der Waals surface area contributed by atoms with Crippen LogP contribution < -0.4 is 0 Å². The second-order valence-electron chi connectivity index (χ2n) is 9.28. The lowest BCUT2D eigenvalue weighted by atomic mass is 10.1. The molecule has 0 unspecified atom stereocenters. The largest absolute Gasteiger partial charge is 0.462 e. The number of rotatable bonds is 24. The molecule has 0 amide bonds. The summed E-state index contributed by atoms with van der Waals surface area (Å²) in [7, 11) is 0. The van der Waals surface area contributed by atoms with Gasteiger partial charge in [-0.1, -0.05) is 90.2 Å². The molecular weight excluding hydrogens is 488 g/mol. The van der Waals surface area contributed by atoms with Gasteiger partial charge < -0.3 is 9.47 Å². The van der Waals surface area contributed by atoms with Gasteiger partial charge in [0.15, 0.2) is 0 Å². The van der Waals surface area contributed by atoms with E-state index in [1.807, 2.05) is 23.5 Å². The van der Waals surface area contributed by atoms with Crippen molar-refractivity contribution in [2.75, 3.05) is 36.2 Å². The summed E-state index contributed by atoms with van der Waals surface area (Å²) in [6.07, 6.45) is 17.5. The number of hydrogen-bond acceptors (Lipinski definition) is 6. The normalized spacial score (nSPS) is 10.9. The third-order valence-electron chi connectivity index (χ3n) is 5.98. The van der Waals surface area contributed by atoms with Crippen LogP contribution in [0.3, 0.4) is 0 Å². The minimum Gasteiger partial charge on any atom is -0.462 e. The van der Waals surface area contributed by atoms with E-state index in [0.29, 0.717) is 24.3 Å². The second kappa shape index (κ2) is 24.2. The molecule has 0 bridgehead atoms. The quantitative estimate of drug-likeness (QED) is 0.0967. The number of ether oxygens (including phenoxy) is 2. The van der Waals surface area contributed by atoms with Gasteiger partial charge in [0, 0.05) is 0 Å². The molecule has 6 heteroatoms. The van der Waals surface area contributed by atoms with E-state index in [0.717, 1.165) is 24.3 Å². The molecule has 0 aliphatic carbocycles. The molecule has 0 radical (unpaired) electrons. The Morgan fingerprint density at radius 2 is 0.917 bits per heavy atom. The molecule has 0 fully saturated rings. The van der Waals surface area contributed by atoms with Crippen LogP contribution in [-0.2, 0) is 9.47 Å². The Kier molecular flexibility index (Phi) is 22.1. The fourth-order valence-corrected chi connectivity index (χ4v) is 5.69. The lowest BCUT2D eigenvalue weighted by molar-refractivity contribution is 0.0459. The first-order valence-corrected chi connectivity index (χ1v) is 16.6. The zero-order chi connectivity index (χ0) is 26.1. The minimum absolute atomic E-state index is 0.291. The van der Waals surface area contributed by atoms with E-state index in [1.54, 1.807) is 24.3 Å². The number of esters is 2. The van der Waals surface area contributed by atoms with E-state index >= 15 is 0 Å². The second-order valence-corrected chi connectivity index (χ2v) is 11.7. The average Bonchev–Trinajstić information content (AvgIpc) is 2.90. The highest BCUT2D eigenvalue weighted by Gasteiger charge is 2.18. The van der Waals surface area contributed by atoms with E-state index in [-0.39, 0.29) is 0 Å². The summed E-state index contributed by atoms with van der Waals surface area (Å²) in [5.41, 5.74) is 0.583. The van der Waals surface area contributed by atoms with Crippen molar-refractivity contribution in [1.82, 2.24) is 0 Å². The van der Waals surface area contributed by atoms with Crippen molar-refractivity contribution in [2.24, 2.45) is 0 Å². The maximum absolute atomic E-state index is 12.5. The molecule has 0 aliphatic rings. The molecule has 0 aliphatic heterocycles. The highest BCUT2D eigenvalue weighted by molar-refractivity contribution is 7.99. The summed E-state index contributed by atoms with van der Waals surface area (Å²) in [5.74, 6) is 3.43. The van der Waals surface area contributed by atoms with Gasteiger partial charge >= 0.3 is 11.9 Å². The maximum atomic E-state index is 12.5. The van der Waals surface area contributed by atoms with Crippen molar-refractivity contribution in [3.63, 3.8) is 0 Å². The summed E-state index contributed by atoms with van der Waals surface area (Å²) < 4.78 is 10.9. The Balaban J connectivity index is 2.15. The van der Waals surface area contributed by atoms with Crippen LogP contribution >= 0.6 is 23.5 Å². The van der Waals surface area contributed by atoms with Crippen LogP contribution in [0.5, 0.6) is 0 Å². The molecule has 1 rings (SSSR count). The number of carbonyl (C=O) groups is 2. The van der Waals surface area contributed by atoms with Crippen LogP contribution in [0, 0.1) is 0 Å².